The molecule has 1 heterocycles. The van der Waals surface area contributed by atoms with E-state index < -0.39 is 18.0 Å². The fraction of sp³-hybridized carbons (Fsp3) is 0.240. The standard InChI is InChI=1S/C25H24N2O6/c1-2-27(13-11-22(28)29)24(30)23-21(12-14-32-23)26-25(31)33-15-20-18-9-5-3-7-16(18)17-8-4-6-10-19(17)20/h3-10,12,14,20H,2,11,13,15H2,1H3,(H,26,31)(H,28,29). The smallest absolute Gasteiger partial charge is 0.411 e. The molecule has 2 aromatic carbocycles. The number of amides is 2. The molecule has 0 bridgehead atoms. The van der Waals surface area contributed by atoms with Crippen molar-refractivity contribution < 1.29 is 28.6 Å². The summed E-state index contributed by atoms with van der Waals surface area (Å²) in [6.45, 7) is 2.22. The van der Waals surface area contributed by atoms with Gasteiger partial charge >= 0.3 is 12.1 Å². The summed E-state index contributed by atoms with van der Waals surface area (Å²) in [4.78, 5) is 37.5. The molecule has 4 rings (SSSR count). The van der Waals surface area contributed by atoms with Crippen LogP contribution < -0.4 is 5.32 Å². The number of ether oxygens (including phenoxy) is 1. The van der Waals surface area contributed by atoms with Crippen molar-refractivity contribution >= 4 is 23.7 Å². The SMILES string of the molecule is CCN(CCC(=O)O)C(=O)c1occc1NC(=O)OCC1c2ccccc2-c2ccccc21. The maximum absolute atomic E-state index is 12.7. The molecule has 0 saturated carbocycles. The normalized spacial score (nSPS) is 12.0. The van der Waals surface area contributed by atoms with Crippen molar-refractivity contribution in [2.24, 2.45) is 0 Å². The Morgan fingerprint density at radius 1 is 1.03 bits per heavy atom. The number of anilines is 1. The second kappa shape index (κ2) is 9.60. The van der Waals surface area contributed by atoms with E-state index in [0.717, 1.165) is 22.3 Å². The lowest BCUT2D eigenvalue weighted by Crippen LogP contribution is -2.33. The van der Waals surface area contributed by atoms with Crippen LogP contribution in [0.15, 0.2) is 65.3 Å². The highest BCUT2D eigenvalue weighted by atomic mass is 16.5. The predicted octanol–water partition coefficient (Wildman–Crippen LogP) is 4.58. The van der Waals surface area contributed by atoms with E-state index in [9.17, 15) is 14.4 Å². The van der Waals surface area contributed by atoms with Gasteiger partial charge < -0.3 is 19.2 Å². The number of aliphatic carboxylic acids is 1. The van der Waals surface area contributed by atoms with Crippen LogP contribution in [0.5, 0.6) is 0 Å². The molecule has 0 radical (unpaired) electrons. The van der Waals surface area contributed by atoms with Crippen LogP contribution in [-0.2, 0) is 9.53 Å². The number of carboxylic acid groups (broad SMARTS) is 1. The maximum atomic E-state index is 12.7. The molecule has 2 amide bonds. The minimum atomic E-state index is -1.00. The summed E-state index contributed by atoms with van der Waals surface area (Å²) in [7, 11) is 0. The van der Waals surface area contributed by atoms with E-state index in [2.05, 4.69) is 17.4 Å². The Labute approximate surface area is 190 Å². The van der Waals surface area contributed by atoms with E-state index >= 15 is 0 Å². The quantitative estimate of drug-likeness (QED) is 0.522. The summed E-state index contributed by atoms with van der Waals surface area (Å²) >= 11 is 0. The zero-order valence-electron chi connectivity index (χ0n) is 18.1. The maximum Gasteiger partial charge on any atom is 0.411 e. The lowest BCUT2D eigenvalue weighted by Gasteiger charge is -2.19. The lowest BCUT2D eigenvalue weighted by atomic mass is 9.98. The van der Waals surface area contributed by atoms with Gasteiger partial charge in [-0.2, -0.15) is 0 Å². The zero-order chi connectivity index (χ0) is 23.4. The molecular weight excluding hydrogens is 424 g/mol. The summed E-state index contributed by atoms with van der Waals surface area (Å²) in [5.41, 5.74) is 4.63. The van der Waals surface area contributed by atoms with Gasteiger partial charge in [0.05, 0.1) is 18.4 Å². The van der Waals surface area contributed by atoms with Gasteiger partial charge in [-0.3, -0.25) is 14.9 Å². The average Bonchev–Trinajstić information content (AvgIpc) is 3.40. The van der Waals surface area contributed by atoms with Crippen molar-refractivity contribution in [3.8, 4) is 11.1 Å². The first-order valence-corrected chi connectivity index (χ1v) is 10.7. The molecule has 1 aliphatic rings. The van der Waals surface area contributed by atoms with Crippen LogP contribution >= 0.6 is 0 Å². The molecule has 0 aliphatic heterocycles. The van der Waals surface area contributed by atoms with Gasteiger partial charge in [0.15, 0.2) is 0 Å². The number of carbonyl (C=O) groups is 3. The number of rotatable bonds is 8. The number of hydrogen-bond donors (Lipinski definition) is 2. The van der Waals surface area contributed by atoms with Crippen LogP contribution in [0.25, 0.3) is 11.1 Å². The van der Waals surface area contributed by atoms with Crippen molar-refractivity contribution in [2.45, 2.75) is 19.3 Å². The summed E-state index contributed by atoms with van der Waals surface area (Å²) in [5.74, 6) is -1.66. The monoisotopic (exact) mass is 448 g/mol. The van der Waals surface area contributed by atoms with Crippen molar-refractivity contribution in [1.29, 1.82) is 0 Å². The second-order valence-corrected chi connectivity index (χ2v) is 7.64. The Morgan fingerprint density at radius 3 is 2.27 bits per heavy atom. The Morgan fingerprint density at radius 2 is 1.67 bits per heavy atom. The molecule has 33 heavy (non-hydrogen) atoms. The molecule has 3 aromatic rings. The molecule has 8 heteroatoms. The van der Waals surface area contributed by atoms with Crippen LogP contribution in [0.3, 0.4) is 0 Å². The van der Waals surface area contributed by atoms with E-state index in [0.29, 0.717) is 6.54 Å². The van der Waals surface area contributed by atoms with Crippen LogP contribution in [0.2, 0.25) is 0 Å². The number of nitrogens with one attached hydrogen (secondary N) is 1. The predicted molar refractivity (Wildman–Crippen MR) is 121 cm³/mol. The first-order chi connectivity index (χ1) is 16.0. The van der Waals surface area contributed by atoms with E-state index in [1.165, 1.54) is 17.2 Å². The summed E-state index contributed by atoms with van der Waals surface area (Å²) < 4.78 is 10.8. The Bertz CT molecular complexity index is 1140. The fourth-order valence-corrected chi connectivity index (χ4v) is 4.10. The largest absolute Gasteiger partial charge is 0.481 e. The summed E-state index contributed by atoms with van der Waals surface area (Å²) in [5, 5.41) is 11.4. The molecule has 0 atom stereocenters. The third-order valence-corrected chi connectivity index (χ3v) is 5.70. The fourth-order valence-electron chi connectivity index (χ4n) is 4.10. The number of fused-ring (bicyclic) bond motifs is 3. The molecule has 0 saturated heterocycles. The van der Waals surface area contributed by atoms with E-state index in [1.807, 2.05) is 36.4 Å². The van der Waals surface area contributed by atoms with Crippen molar-refractivity contribution in [3.05, 3.63) is 77.7 Å². The molecule has 1 aromatic heterocycles. The van der Waals surface area contributed by atoms with Gasteiger partial charge in [-0.15, -0.1) is 0 Å². The minimum absolute atomic E-state index is 0.0375. The van der Waals surface area contributed by atoms with Crippen molar-refractivity contribution in [2.75, 3.05) is 25.0 Å². The first-order valence-electron chi connectivity index (χ1n) is 10.7. The number of nitrogens with zero attached hydrogens (tertiary/aromatic N) is 1. The van der Waals surface area contributed by atoms with Gasteiger partial charge in [0.25, 0.3) is 5.91 Å². The molecule has 0 spiro atoms. The second-order valence-electron chi connectivity index (χ2n) is 7.64. The van der Waals surface area contributed by atoms with Crippen LogP contribution in [-0.4, -0.2) is 47.7 Å². The van der Waals surface area contributed by atoms with Crippen LogP contribution in [0.4, 0.5) is 10.5 Å². The molecule has 0 fully saturated rings. The molecule has 8 nitrogen and oxygen atoms in total. The van der Waals surface area contributed by atoms with Crippen LogP contribution in [0, 0.1) is 0 Å². The van der Waals surface area contributed by atoms with Gasteiger partial charge in [-0.1, -0.05) is 48.5 Å². The van der Waals surface area contributed by atoms with E-state index in [1.54, 1.807) is 6.92 Å². The highest BCUT2D eigenvalue weighted by Gasteiger charge is 2.29. The lowest BCUT2D eigenvalue weighted by molar-refractivity contribution is -0.137. The Kier molecular flexibility index (Phi) is 6.44. The van der Waals surface area contributed by atoms with Crippen molar-refractivity contribution in [3.63, 3.8) is 0 Å². The van der Waals surface area contributed by atoms with Crippen LogP contribution in [0.1, 0.15) is 40.9 Å². The topological polar surface area (TPSA) is 109 Å². The number of hydrogen-bond acceptors (Lipinski definition) is 5. The Hall–Kier alpha value is -4.07. The molecule has 0 unspecified atom stereocenters. The minimum Gasteiger partial charge on any atom is -0.481 e. The zero-order valence-corrected chi connectivity index (χ0v) is 18.1. The van der Waals surface area contributed by atoms with Crippen molar-refractivity contribution in [1.82, 2.24) is 4.90 Å². The summed E-state index contributed by atoms with van der Waals surface area (Å²) in [6.07, 6.45) is 0.396. The highest BCUT2D eigenvalue weighted by Crippen LogP contribution is 2.44. The number of carboxylic acids is 1. The van der Waals surface area contributed by atoms with Gasteiger partial charge in [-0.25, -0.2) is 4.79 Å². The molecule has 1 aliphatic carbocycles. The average molecular weight is 448 g/mol. The molecule has 170 valence electrons. The third-order valence-electron chi connectivity index (χ3n) is 5.70. The first kappa shape index (κ1) is 22.1. The van der Waals surface area contributed by atoms with E-state index in [4.69, 9.17) is 14.3 Å². The van der Waals surface area contributed by atoms with Gasteiger partial charge in [0.2, 0.25) is 5.76 Å². The Balaban J connectivity index is 1.42. The van der Waals surface area contributed by atoms with Gasteiger partial charge in [0.1, 0.15) is 6.61 Å². The highest BCUT2D eigenvalue weighted by molar-refractivity contribution is 6.00. The number of carbonyl (C=O) groups excluding carboxylic acids is 2. The molecular formula is C25H24N2O6. The number of furan rings is 1. The number of benzene rings is 2. The van der Waals surface area contributed by atoms with Gasteiger partial charge in [0, 0.05) is 25.1 Å². The van der Waals surface area contributed by atoms with Gasteiger partial charge in [-0.05, 0) is 29.2 Å². The third kappa shape index (κ3) is 4.59. The van der Waals surface area contributed by atoms with E-state index in [-0.39, 0.29) is 36.9 Å². The molecule has 2 N–H and O–H groups in total. The summed E-state index contributed by atoms with van der Waals surface area (Å²) in [6, 6.07) is 17.5.